The second-order valence-corrected chi connectivity index (χ2v) is 9.91. The number of hydrogen-bond donors (Lipinski definition) is 1. The number of amides is 2. The van der Waals surface area contributed by atoms with Crippen molar-refractivity contribution >= 4 is 49.6 Å². The Morgan fingerprint density at radius 1 is 1.22 bits per heavy atom. The number of nitrogens with one attached hydrogen (secondary N) is 1. The molecular weight excluding hydrogens is 415 g/mol. The molecule has 2 aromatic rings. The molecule has 1 fully saturated rings. The standard InChI is InChI=1S/C17H16ClFN2O4S2/c1-10-8-14(20-16(22)12-3-2-11(19)9-13(12)18)26-15(10)17(23)21-4-6-27(24,25)7-5-21/h2-3,8-9H,4-7H2,1H3,(H,20,22). The third-order valence-corrected chi connectivity index (χ3v) is 7.22. The van der Waals surface area contributed by atoms with Crippen molar-refractivity contribution in [1.29, 1.82) is 0 Å². The zero-order chi connectivity index (χ0) is 19.8. The van der Waals surface area contributed by atoms with E-state index < -0.39 is 21.6 Å². The van der Waals surface area contributed by atoms with Crippen molar-refractivity contribution in [2.24, 2.45) is 0 Å². The van der Waals surface area contributed by atoms with Gasteiger partial charge >= 0.3 is 0 Å². The largest absolute Gasteiger partial charge is 0.336 e. The van der Waals surface area contributed by atoms with Crippen molar-refractivity contribution in [2.45, 2.75) is 6.92 Å². The van der Waals surface area contributed by atoms with Crippen LogP contribution in [0.2, 0.25) is 5.02 Å². The van der Waals surface area contributed by atoms with Gasteiger partial charge in [0, 0.05) is 13.1 Å². The van der Waals surface area contributed by atoms with E-state index in [0.29, 0.717) is 15.4 Å². The van der Waals surface area contributed by atoms with E-state index in [1.807, 2.05) is 0 Å². The Kier molecular flexibility index (Phi) is 5.55. The average molecular weight is 431 g/mol. The van der Waals surface area contributed by atoms with Crippen molar-refractivity contribution in [3.8, 4) is 0 Å². The van der Waals surface area contributed by atoms with E-state index in [1.165, 1.54) is 11.0 Å². The highest BCUT2D eigenvalue weighted by molar-refractivity contribution is 7.91. The van der Waals surface area contributed by atoms with E-state index in [1.54, 1.807) is 13.0 Å². The van der Waals surface area contributed by atoms with Gasteiger partial charge in [0.2, 0.25) is 0 Å². The lowest BCUT2D eigenvalue weighted by atomic mass is 10.2. The first-order valence-electron chi connectivity index (χ1n) is 8.03. The van der Waals surface area contributed by atoms with Gasteiger partial charge in [-0.15, -0.1) is 11.3 Å². The number of anilines is 1. The predicted octanol–water partition coefficient (Wildman–Crippen LogP) is 2.97. The number of halogens is 2. The van der Waals surface area contributed by atoms with Crippen molar-refractivity contribution in [2.75, 3.05) is 29.9 Å². The van der Waals surface area contributed by atoms with Gasteiger partial charge in [-0.25, -0.2) is 12.8 Å². The Morgan fingerprint density at radius 2 is 1.89 bits per heavy atom. The lowest BCUT2D eigenvalue weighted by Crippen LogP contribution is -2.43. The summed E-state index contributed by atoms with van der Waals surface area (Å²) in [5, 5.41) is 3.10. The molecule has 1 aliphatic heterocycles. The van der Waals surface area contributed by atoms with Crippen LogP contribution in [0.5, 0.6) is 0 Å². The second kappa shape index (κ2) is 7.57. The summed E-state index contributed by atoms with van der Waals surface area (Å²) in [6.45, 7) is 2.06. The van der Waals surface area contributed by atoms with Gasteiger partial charge in [-0.1, -0.05) is 11.6 Å². The Bertz CT molecular complexity index is 1010. The summed E-state index contributed by atoms with van der Waals surface area (Å²) in [6.07, 6.45) is 0. The molecule has 1 saturated heterocycles. The molecule has 0 atom stereocenters. The fraction of sp³-hybridized carbons (Fsp3) is 0.294. The number of thiophene rings is 1. The lowest BCUT2D eigenvalue weighted by Gasteiger charge is -2.26. The molecule has 1 aromatic carbocycles. The molecule has 0 spiro atoms. The fourth-order valence-corrected chi connectivity index (χ4v) is 5.16. The van der Waals surface area contributed by atoms with Gasteiger partial charge in [0.05, 0.1) is 32.0 Å². The number of sulfone groups is 1. The molecule has 6 nitrogen and oxygen atoms in total. The molecule has 0 aliphatic carbocycles. The molecule has 3 rings (SSSR count). The molecule has 0 unspecified atom stereocenters. The van der Waals surface area contributed by atoms with Crippen LogP contribution in [-0.2, 0) is 9.84 Å². The summed E-state index contributed by atoms with van der Waals surface area (Å²) in [6, 6.07) is 5.14. The van der Waals surface area contributed by atoms with Gasteiger partial charge in [0.25, 0.3) is 11.8 Å². The van der Waals surface area contributed by atoms with Crippen molar-refractivity contribution < 1.29 is 22.4 Å². The molecule has 1 aliphatic rings. The third-order valence-electron chi connectivity index (χ3n) is 4.16. The van der Waals surface area contributed by atoms with E-state index >= 15 is 0 Å². The van der Waals surface area contributed by atoms with Crippen LogP contribution in [-0.4, -0.2) is 49.7 Å². The maximum atomic E-state index is 13.1. The van der Waals surface area contributed by atoms with Gasteiger partial charge in [0.15, 0.2) is 9.84 Å². The van der Waals surface area contributed by atoms with Crippen LogP contribution in [0, 0.1) is 12.7 Å². The van der Waals surface area contributed by atoms with E-state index in [2.05, 4.69) is 5.32 Å². The highest BCUT2D eigenvalue weighted by atomic mass is 35.5. The predicted molar refractivity (Wildman–Crippen MR) is 103 cm³/mol. The SMILES string of the molecule is Cc1cc(NC(=O)c2ccc(F)cc2Cl)sc1C(=O)N1CCS(=O)(=O)CC1. The maximum Gasteiger partial charge on any atom is 0.264 e. The number of hydrogen-bond acceptors (Lipinski definition) is 5. The number of nitrogens with zero attached hydrogens (tertiary/aromatic N) is 1. The molecule has 2 amide bonds. The lowest BCUT2D eigenvalue weighted by molar-refractivity contribution is 0.0774. The molecule has 10 heteroatoms. The molecule has 2 heterocycles. The minimum absolute atomic E-state index is 0.00777. The molecule has 27 heavy (non-hydrogen) atoms. The Hall–Kier alpha value is -1.97. The zero-order valence-corrected chi connectivity index (χ0v) is 16.7. The first kappa shape index (κ1) is 19.8. The first-order valence-corrected chi connectivity index (χ1v) is 11.0. The van der Waals surface area contributed by atoms with Crippen LogP contribution in [0.1, 0.15) is 25.6 Å². The monoisotopic (exact) mass is 430 g/mol. The Morgan fingerprint density at radius 3 is 2.52 bits per heavy atom. The topological polar surface area (TPSA) is 83.6 Å². The summed E-state index contributed by atoms with van der Waals surface area (Å²) < 4.78 is 36.1. The highest BCUT2D eigenvalue weighted by Gasteiger charge is 2.27. The summed E-state index contributed by atoms with van der Waals surface area (Å²) >= 11 is 7.00. The van der Waals surface area contributed by atoms with E-state index in [4.69, 9.17) is 11.6 Å². The molecule has 144 valence electrons. The Labute approximate surface area is 164 Å². The molecule has 0 saturated carbocycles. The van der Waals surface area contributed by atoms with Crippen LogP contribution >= 0.6 is 22.9 Å². The molecular formula is C17H16ClFN2O4S2. The maximum absolute atomic E-state index is 13.1. The van der Waals surface area contributed by atoms with Gasteiger partial charge in [0.1, 0.15) is 5.82 Å². The van der Waals surface area contributed by atoms with E-state index in [0.717, 1.165) is 23.5 Å². The zero-order valence-electron chi connectivity index (χ0n) is 14.3. The van der Waals surface area contributed by atoms with Gasteiger partial charge in [-0.05, 0) is 36.8 Å². The summed E-state index contributed by atoms with van der Waals surface area (Å²) in [5.41, 5.74) is 0.803. The molecule has 1 N–H and O–H groups in total. The number of benzene rings is 1. The highest BCUT2D eigenvalue weighted by Crippen LogP contribution is 2.29. The fourth-order valence-electron chi connectivity index (χ4n) is 2.67. The smallest absolute Gasteiger partial charge is 0.264 e. The van der Waals surface area contributed by atoms with Crippen LogP contribution in [0.25, 0.3) is 0 Å². The molecule has 1 aromatic heterocycles. The minimum Gasteiger partial charge on any atom is -0.336 e. The van der Waals surface area contributed by atoms with Gasteiger partial charge < -0.3 is 10.2 Å². The van der Waals surface area contributed by atoms with Crippen molar-refractivity contribution in [1.82, 2.24) is 4.90 Å². The second-order valence-electron chi connectivity index (χ2n) is 6.15. The number of aryl methyl sites for hydroxylation is 1. The van der Waals surface area contributed by atoms with Gasteiger partial charge in [-0.3, -0.25) is 9.59 Å². The number of carbonyl (C=O) groups excluding carboxylic acids is 2. The van der Waals surface area contributed by atoms with E-state index in [9.17, 15) is 22.4 Å². The number of rotatable bonds is 3. The first-order chi connectivity index (χ1) is 12.7. The van der Waals surface area contributed by atoms with Crippen LogP contribution < -0.4 is 5.32 Å². The Balaban J connectivity index is 1.74. The van der Waals surface area contributed by atoms with E-state index in [-0.39, 0.29) is 41.1 Å². The third kappa shape index (κ3) is 4.48. The van der Waals surface area contributed by atoms with Crippen LogP contribution in [0.15, 0.2) is 24.3 Å². The quantitative estimate of drug-likeness (QED) is 0.811. The molecule has 0 radical (unpaired) electrons. The molecule has 0 bridgehead atoms. The summed E-state index contributed by atoms with van der Waals surface area (Å²) in [4.78, 5) is 26.9. The normalized spacial score (nSPS) is 16.2. The van der Waals surface area contributed by atoms with Crippen molar-refractivity contribution in [3.63, 3.8) is 0 Å². The minimum atomic E-state index is -3.08. The summed E-state index contributed by atoms with van der Waals surface area (Å²) in [5.74, 6) is -1.40. The van der Waals surface area contributed by atoms with Crippen molar-refractivity contribution in [3.05, 3.63) is 51.1 Å². The average Bonchev–Trinajstić information content (AvgIpc) is 2.94. The van der Waals surface area contributed by atoms with Crippen LogP contribution in [0.3, 0.4) is 0 Å². The number of carbonyl (C=O) groups is 2. The van der Waals surface area contributed by atoms with Crippen LogP contribution in [0.4, 0.5) is 9.39 Å². The summed E-state index contributed by atoms with van der Waals surface area (Å²) in [7, 11) is -3.08. The van der Waals surface area contributed by atoms with Gasteiger partial charge in [-0.2, -0.15) is 0 Å².